The van der Waals surface area contributed by atoms with Gasteiger partial charge in [-0.3, -0.25) is 0 Å². The molecule has 102 valence electrons. The lowest BCUT2D eigenvalue weighted by Crippen LogP contribution is -2.38. The zero-order valence-corrected chi connectivity index (χ0v) is 11.5. The van der Waals surface area contributed by atoms with E-state index in [1.807, 2.05) is 53.4 Å². The second-order valence-corrected chi connectivity index (χ2v) is 5.38. The van der Waals surface area contributed by atoms with Gasteiger partial charge in [-0.25, -0.2) is 4.79 Å². The van der Waals surface area contributed by atoms with Crippen molar-refractivity contribution in [3.05, 3.63) is 64.7 Å². The van der Waals surface area contributed by atoms with Crippen LogP contribution in [0.1, 0.15) is 11.1 Å². The number of fused-ring (bicyclic) bond motifs is 1. The Morgan fingerprint density at radius 2 is 1.90 bits per heavy atom. The average molecular weight is 288 g/mol. The van der Waals surface area contributed by atoms with Gasteiger partial charge in [0.2, 0.25) is 0 Å². The molecule has 0 bridgehead atoms. The molecule has 20 heavy (non-hydrogen) atoms. The van der Waals surface area contributed by atoms with Crippen molar-refractivity contribution in [3.8, 4) is 0 Å². The van der Waals surface area contributed by atoms with Gasteiger partial charge in [0.05, 0.1) is 0 Å². The normalized spacial score (nSPS) is 17.1. The molecule has 4 heteroatoms. The van der Waals surface area contributed by atoms with Crippen molar-refractivity contribution in [2.24, 2.45) is 0 Å². The van der Waals surface area contributed by atoms with Crippen molar-refractivity contribution in [2.45, 2.75) is 19.0 Å². The van der Waals surface area contributed by atoms with Crippen LogP contribution in [0.15, 0.2) is 48.5 Å². The smallest absolute Gasteiger partial charge is 0.326 e. The first kappa shape index (κ1) is 13.0. The molecule has 2 aromatic carbocycles. The largest absolute Gasteiger partial charge is 0.480 e. The number of hydrogen-bond acceptors (Lipinski definition) is 2. The van der Waals surface area contributed by atoms with Gasteiger partial charge in [0.15, 0.2) is 0 Å². The minimum absolute atomic E-state index is 0.497. The number of anilines is 1. The van der Waals surface area contributed by atoms with E-state index >= 15 is 0 Å². The zero-order chi connectivity index (χ0) is 14.1. The molecule has 3 nitrogen and oxygen atoms in total. The maximum atomic E-state index is 11.5. The highest BCUT2D eigenvalue weighted by Gasteiger charge is 2.33. The van der Waals surface area contributed by atoms with Crippen LogP contribution in [0.5, 0.6) is 0 Å². The lowest BCUT2D eigenvalue weighted by Gasteiger charge is -2.24. The molecule has 0 aromatic heterocycles. The van der Waals surface area contributed by atoms with Crippen molar-refractivity contribution in [1.29, 1.82) is 0 Å². The molecular formula is C16H14ClNO2. The predicted octanol–water partition coefficient (Wildman–Crippen LogP) is 3.36. The molecule has 2 aromatic rings. The number of hydrogen-bond donors (Lipinski definition) is 1. The maximum absolute atomic E-state index is 11.5. The van der Waals surface area contributed by atoms with E-state index in [9.17, 15) is 9.90 Å². The summed E-state index contributed by atoms with van der Waals surface area (Å²) in [7, 11) is 0. The number of aliphatic carboxylic acids is 1. The first-order valence-electron chi connectivity index (χ1n) is 6.47. The number of nitrogens with zero attached hydrogens (tertiary/aromatic N) is 1. The van der Waals surface area contributed by atoms with Crippen molar-refractivity contribution in [2.75, 3.05) is 4.90 Å². The zero-order valence-electron chi connectivity index (χ0n) is 10.8. The van der Waals surface area contributed by atoms with Gasteiger partial charge >= 0.3 is 5.97 Å². The summed E-state index contributed by atoms with van der Waals surface area (Å²) in [6, 6.07) is 14.9. The lowest BCUT2D eigenvalue weighted by atomic mass is 10.1. The highest BCUT2D eigenvalue weighted by Crippen LogP contribution is 2.33. The topological polar surface area (TPSA) is 40.5 Å². The van der Waals surface area contributed by atoms with E-state index < -0.39 is 12.0 Å². The van der Waals surface area contributed by atoms with E-state index in [1.54, 1.807) is 0 Å². The highest BCUT2D eigenvalue weighted by molar-refractivity contribution is 6.30. The third-order valence-corrected chi connectivity index (χ3v) is 3.89. The summed E-state index contributed by atoms with van der Waals surface area (Å²) in [5, 5.41) is 10.1. The molecule has 1 aliphatic heterocycles. The molecule has 0 fully saturated rings. The molecule has 1 unspecified atom stereocenters. The van der Waals surface area contributed by atoms with Crippen LogP contribution in [-0.4, -0.2) is 17.1 Å². The van der Waals surface area contributed by atoms with Gasteiger partial charge in [-0.15, -0.1) is 0 Å². The molecule has 3 rings (SSSR count). The van der Waals surface area contributed by atoms with E-state index in [1.165, 1.54) is 0 Å². The second-order valence-electron chi connectivity index (χ2n) is 4.94. The van der Waals surface area contributed by atoms with Gasteiger partial charge in [-0.1, -0.05) is 41.9 Å². The number of benzene rings is 2. The first-order valence-corrected chi connectivity index (χ1v) is 6.85. The molecular weight excluding hydrogens is 274 g/mol. The first-order chi connectivity index (χ1) is 9.65. The Bertz CT molecular complexity index is 639. The SMILES string of the molecule is O=C(O)C1Cc2ccccc2N1Cc1ccc(Cl)cc1. The van der Waals surface area contributed by atoms with Crippen molar-refractivity contribution >= 4 is 23.3 Å². The Morgan fingerprint density at radius 3 is 2.60 bits per heavy atom. The van der Waals surface area contributed by atoms with Crippen molar-refractivity contribution < 1.29 is 9.90 Å². The number of carboxylic acids is 1. The van der Waals surface area contributed by atoms with Gasteiger partial charge in [0.25, 0.3) is 0 Å². The fraction of sp³-hybridized carbons (Fsp3) is 0.188. The number of halogens is 1. The lowest BCUT2D eigenvalue weighted by molar-refractivity contribution is -0.138. The van der Waals surface area contributed by atoms with Crippen molar-refractivity contribution in [1.82, 2.24) is 0 Å². The van der Waals surface area contributed by atoms with E-state index in [0.29, 0.717) is 18.0 Å². The van der Waals surface area contributed by atoms with Crippen LogP contribution < -0.4 is 4.90 Å². The number of carboxylic acid groups (broad SMARTS) is 1. The average Bonchev–Trinajstić information content (AvgIpc) is 2.81. The summed E-state index contributed by atoms with van der Waals surface area (Å²) in [5.74, 6) is -0.782. The Kier molecular flexibility index (Phi) is 3.36. The maximum Gasteiger partial charge on any atom is 0.326 e. The minimum atomic E-state index is -0.782. The van der Waals surface area contributed by atoms with Crippen LogP contribution in [0.2, 0.25) is 5.02 Å². The van der Waals surface area contributed by atoms with Gasteiger partial charge in [-0.2, -0.15) is 0 Å². The van der Waals surface area contributed by atoms with Gasteiger partial charge < -0.3 is 10.0 Å². The molecule has 0 saturated heterocycles. The van der Waals surface area contributed by atoms with E-state index in [0.717, 1.165) is 16.8 Å². The van der Waals surface area contributed by atoms with E-state index in [4.69, 9.17) is 11.6 Å². The van der Waals surface area contributed by atoms with Crippen LogP contribution in [0, 0.1) is 0 Å². The van der Waals surface area contributed by atoms with Crippen LogP contribution in [0.4, 0.5) is 5.69 Å². The van der Waals surface area contributed by atoms with Crippen molar-refractivity contribution in [3.63, 3.8) is 0 Å². The summed E-state index contributed by atoms with van der Waals surface area (Å²) >= 11 is 5.88. The molecule has 1 atom stereocenters. The third-order valence-electron chi connectivity index (χ3n) is 3.64. The van der Waals surface area contributed by atoms with E-state index in [2.05, 4.69) is 0 Å². The summed E-state index contributed by atoms with van der Waals surface area (Å²) in [4.78, 5) is 13.4. The molecule has 1 heterocycles. The van der Waals surface area contributed by atoms with Crippen LogP contribution in [0.3, 0.4) is 0 Å². The standard InChI is InChI=1S/C16H14ClNO2/c17-13-7-5-11(6-8-13)10-18-14-4-2-1-3-12(14)9-15(18)16(19)20/h1-8,15H,9-10H2,(H,19,20). The molecule has 1 N–H and O–H groups in total. The fourth-order valence-electron chi connectivity index (χ4n) is 2.65. The second kappa shape index (κ2) is 5.17. The number of carbonyl (C=O) groups is 1. The fourth-order valence-corrected chi connectivity index (χ4v) is 2.78. The predicted molar refractivity (Wildman–Crippen MR) is 79.2 cm³/mol. The highest BCUT2D eigenvalue weighted by atomic mass is 35.5. The quantitative estimate of drug-likeness (QED) is 0.941. The van der Waals surface area contributed by atoms with E-state index in [-0.39, 0.29) is 0 Å². The van der Waals surface area contributed by atoms with Crippen LogP contribution in [-0.2, 0) is 17.8 Å². The molecule has 0 aliphatic carbocycles. The Morgan fingerprint density at radius 1 is 1.20 bits per heavy atom. The summed E-state index contributed by atoms with van der Waals surface area (Å²) in [5.41, 5.74) is 3.15. The summed E-state index contributed by atoms with van der Waals surface area (Å²) < 4.78 is 0. The van der Waals surface area contributed by atoms with Crippen LogP contribution >= 0.6 is 11.6 Å². The monoisotopic (exact) mass is 287 g/mol. The van der Waals surface area contributed by atoms with Gasteiger partial charge in [0, 0.05) is 23.7 Å². The van der Waals surface area contributed by atoms with Gasteiger partial charge in [0.1, 0.15) is 6.04 Å². The van der Waals surface area contributed by atoms with Gasteiger partial charge in [-0.05, 0) is 29.3 Å². The Labute approximate surface area is 122 Å². The van der Waals surface area contributed by atoms with Crippen LogP contribution in [0.25, 0.3) is 0 Å². The third kappa shape index (κ3) is 2.37. The molecule has 0 saturated carbocycles. The minimum Gasteiger partial charge on any atom is -0.480 e. The summed E-state index contributed by atoms with van der Waals surface area (Å²) in [6.07, 6.45) is 0.555. The molecule has 0 spiro atoms. The molecule has 0 radical (unpaired) electrons. The number of para-hydroxylation sites is 1. The summed E-state index contributed by atoms with van der Waals surface area (Å²) in [6.45, 7) is 0.575. The number of rotatable bonds is 3. The Balaban J connectivity index is 1.92. The molecule has 0 amide bonds. The Hall–Kier alpha value is -2.00. The molecule has 1 aliphatic rings.